The Morgan fingerprint density at radius 1 is 1.38 bits per heavy atom. The number of nitrogens with zero attached hydrogens (tertiary/aromatic N) is 3. The topological polar surface area (TPSA) is 41.1 Å². The van der Waals surface area contributed by atoms with E-state index in [0.717, 1.165) is 16.3 Å². The highest BCUT2D eigenvalue weighted by Crippen LogP contribution is 2.38. The second-order valence-electron chi connectivity index (χ2n) is 6.09. The molecule has 0 radical (unpaired) electrons. The summed E-state index contributed by atoms with van der Waals surface area (Å²) in [5.41, 5.74) is 3.21. The van der Waals surface area contributed by atoms with Crippen LogP contribution in [-0.4, -0.2) is 9.38 Å². The van der Waals surface area contributed by atoms with Gasteiger partial charge in [-0.2, -0.15) is 5.26 Å². The van der Waals surface area contributed by atoms with E-state index in [1.807, 2.05) is 0 Å². The standard InChI is InChI=1S/C16H17N3S2/c1-10-13(12-6-5-9-20-12)19-11(7-8-17)14(16(2,3)4)18-15(19)21-10/h5-6,9H,7H2,1-4H3. The van der Waals surface area contributed by atoms with Crippen molar-refractivity contribution in [3.63, 3.8) is 0 Å². The van der Waals surface area contributed by atoms with Gasteiger partial charge in [-0.3, -0.25) is 4.40 Å². The summed E-state index contributed by atoms with van der Waals surface area (Å²) in [5, 5.41) is 11.3. The second-order valence-corrected chi connectivity index (χ2v) is 8.22. The number of fused-ring (bicyclic) bond motifs is 1. The van der Waals surface area contributed by atoms with Gasteiger partial charge >= 0.3 is 0 Å². The van der Waals surface area contributed by atoms with Crippen molar-refractivity contribution in [2.75, 3.05) is 0 Å². The Balaban J connectivity index is 2.37. The number of rotatable bonds is 2. The van der Waals surface area contributed by atoms with Crippen LogP contribution in [0.4, 0.5) is 0 Å². The number of imidazole rings is 1. The molecule has 21 heavy (non-hydrogen) atoms. The third-order valence-electron chi connectivity index (χ3n) is 3.45. The summed E-state index contributed by atoms with van der Waals surface area (Å²) in [5.74, 6) is 0. The van der Waals surface area contributed by atoms with Crippen molar-refractivity contribution in [3.8, 4) is 16.6 Å². The van der Waals surface area contributed by atoms with E-state index in [0.29, 0.717) is 6.42 Å². The minimum atomic E-state index is -0.0570. The smallest absolute Gasteiger partial charge is 0.194 e. The maximum absolute atomic E-state index is 9.23. The van der Waals surface area contributed by atoms with E-state index in [-0.39, 0.29) is 5.41 Å². The van der Waals surface area contributed by atoms with Gasteiger partial charge in [-0.15, -0.1) is 22.7 Å². The fraction of sp³-hybridized carbons (Fsp3) is 0.375. The Morgan fingerprint density at radius 2 is 2.14 bits per heavy atom. The zero-order chi connectivity index (χ0) is 15.2. The molecule has 0 aromatic carbocycles. The lowest BCUT2D eigenvalue weighted by Gasteiger charge is -2.17. The summed E-state index contributed by atoms with van der Waals surface area (Å²) >= 11 is 3.43. The van der Waals surface area contributed by atoms with E-state index >= 15 is 0 Å². The first-order chi connectivity index (χ1) is 9.93. The van der Waals surface area contributed by atoms with Gasteiger partial charge in [0.1, 0.15) is 0 Å². The largest absolute Gasteiger partial charge is 0.285 e. The van der Waals surface area contributed by atoms with Crippen LogP contribution in [0.15, 0.2) is 17.5 Å². The molecule has 3 aromatic heterocycles. The van der Waals surface area contributed by atoms with Crippen LogP contribution in [0.3, 0.4) is 0 Å². The quantitative estimate of drug-likeness (QED) is 0.682. The van der Waals surface area contributed by atoms with Crippen molar-refractivity contribution in [3.05, 3.63) is 33.8 Å². The first-order valence-electron chi connectivity index (χ1n) is 6.85. The summed E-state index contributed by atoms with van der Waals surface area (Å²) in [6, 6.07) is 6.50. The lowest BCUT2D eigenvalue weighted by Crippen LogP contribution is -2.15. The Kier molecular flexibility index (Phi) is 3.39. The molecule has 108 valence electrons. The van der Waals surface area contributed by atoms with Crippen LogP contribution in [0.5, 0.6) is 0 Å². The minimum absolute atomic E-state index is 0.0570. The van der Waals surface area contributed by atoms with Crippen LogP contribution in [-0.2, 0) is 11.8 Å². The predicted molar refractivity (Wildman–Crippen MR) is 89.1 cm³/mol. The Labute approximate surface area is 132 Å². The highest BCUT2D eigenvalue weighted by atomic mass is 32.1. The lowest BCUT2D eigenvalue weighted by atomic mass is 9.90. The monoisotopic (exact) mass is 315 g/mol. The fourth-order valence-electron chi connectivity index (χ4n) is 2.61. The first-order valence-corrected chi connectivity index (χ1v) is 8.55. The summed E-state index contributed by atoms with van der Waals surface area (Å²) in [6.07, 6.45) is 0.391. The van der Waals surface area contributed by atoms with E-state index in [2.05, 4.69) is 55.7 Å². The van der Waals surface area contributed by atoms with Crippen LogP contribution in [0.25, 0.3) is 15.5 Å². The molecule has 3 nitrogen and oxygen atoms in total. The zero-order valence-electron chi connectivity index (χ0n) is 12.6. The van der Waals surface area contributed by atoms with Gasteiger partial charge in [-0.25, -0.2) is 4.98 Å². The van der Waals surface area contributed by atoms with Gasteiger partial charge in [0, 0.05) is 10.3 Å². The summed E-state index contributed by atoms with van der Waals surface area (Å²) in [4.78, 5) is 8.30. The SMILES string of the molecule is Cc1sc2nc(C(C)(C)C)c(CC#N)n2c1-c1cccs1. The minimum Gasteiger partial charge on any atom is -0.285 e. The lowest BCUT2D eigenvalue weighted by molar-refractivity contribution is 0.566. The molecule has 5 heteroatoms. The van der Waals surface area contributed by atoms with Gasteiger partial charge in [-0.1, -0.05) is 26.8 Å². The van der Waals surface area contributed by atoms with E-state index in [9.17, 15) is 5.26 Å². The third-order valence-corrected chi connectivity index (χ3v) is 5.29. The van der Waals surface area contributed by atoms with Crippen LogP contribution in [0.2, 0.25) is 0 Å². The highest BCUT2D eigenvalue weighted by Gasteiger charge is 2.27. The molecule has 3 rings (SSSR count). The fourth-order valence-corrected chi connectivity index (χ4v) is 4.49. The van der Waals surface area contributed by atoms with E-state index < -0.39 is 0 Å². The summed E-state index contributed by atoms with van der Waals surface area (Å²) < 4.78 is 2.19. The Bertz CT molecular complexity index is 824. The highest BCUT2D eigenvalue weighted by molar-refractivity contribution is 7.18. The van der Waals surface area contributed by atoms with Gasteiger partial charge in [0.25, 0.3) is 0 Å². The molecule has 3 aromatic rings. The average Bonchev–Trinajstić information content (AvgIpc) is 3.05. The Hall–Kier alpha value is -1.64. The third kappa shape index (κ3) is 2.29. The van der Waals surface area contributed by atoms with E-state index in [4.69, 9.17) is 4.98 Å². The molecule has 0 spiro atoms. The van der Waals surface area contributed by atoms with Crippen molar-refractivity contribution < 1.29 is 0 Å². The molecule has 0 aliphatic heterocycles. The molecule has 0 bridgehead atoms. The van der Waals surface area contributed by atoms with Gasteiger partial charge < -0.3 is 0 Å². The molecule has 0 atom stereocenters. The maximum Gasteiger partial charge on any atom is 0.194 e. The molecule has 0 fully saturated rings. The molecule has 0 aliphatic carbocycles. The van der Waals surface area contributed by atoms with Crippen molar-refractivity contribution >= 4 is 27.6 Å². The van der Waals surface area contributed by atoms with Crippen molar-refractivity contribution in [2.45, 2.75) is 39.5 Å². The van der Waals surface area contributed by atoms with Gasteiger partial charge in [-0.05, 0) is 18.4 Å². The van der Waals surface area contributed by atoms with Gasteiger partial charge in [0.2, 0.25) is 0 Å². The van der Waals surface area contributed by atoms with Crippen LogP contribution in [0, 0.1) is 18.3 Å². The van der Waals surface area contributed by atoms with Gasteiger partial charge in [0.15, 0.2) is 4.96 Å². The van der Waals surface area contributed by atoms with E-state index in [1.165, 1.54) is 15.4 Å². The van der Waals surface area contributed by atoms with Crippen LogP contribution < -0.4 is 0 Å². The summed E-state index contributed by atoms with van der Waals surface area (Å²) in [7, 11) is 0. The predicted octanol–water partition coefficient (Wildman–Crippen LogP) is 4.80. The number of aromatic nitrogens is 2. The number of aryl methyl sites for hydroxylation is 1. The number of thiazole rings is 1. The summed E-state index contributed by atoms with van der Waals surface area (Å²) in [6.45, 7) is 8.58. The zero-order valence-corrected chi connectivity index (χ0v) is 14.2. The van der Waals surface area contributed by atoms with Crippen LogP contribution in [0.1, 0.15) is 37.0 Å². The molecule has 3 heterocycles. The molecule has 0 unspecified atom stereocenters. The van der Waals surface area contributed by atoms with Crippen molar-refractivity contribution in [1.82, 2.24) is 9.38 Å². The van der Waals surface area contributed by atoms with E-state index in [1.54, 1.807) is 22.7 Å². The normalized spacial score (nSPS) is 12.0. The first kappa shape index (κ1) is 14.3. The van der Waals surface area contributed by atoms with Gasteiger partial charge in [0.05, 0.1) is 34.4 Å². The molecule has 0 saturated heterocycles. The Morgan fingerprint density at radius 3 is 2.71 bits per heavy atom. The molecular weight excluding hydrogens is 298 g/mol. The molecule has 0 N–H and O–H groups in total. The van der Waals surface area contributed by atoms with Crippen molar-refractivity contribution in [2.24, 2.45) is 0 Å². The number of hydrogen-bond acceptors (Lipinski definition) is 4. The van der Waals surface area contributed by atoms with Crippen molar-refractivity contribution in [1.29, 1.82) is 5.26 Å². The number of hydrogen-bond donors (Lipinski definition) is 0. The number of thiophene rings is 1. The maximum atomic E-state index is 9.23. The molecule has 0 aliphatic rings. The average molecular weight is 315 g/mol. The number of nitriles is 1. The molecule has 0 amide bonds. The molecule has 0 saturated carbocycles. The molecular formula is C16H17N3S2. The van der Waals surface area contributed by atoms with Crippen LogP contribution >= 0.6 is 22.7 Å². The second kappa shape index (κ2) is 4.97.